The summed E-state index contributed by atoms with van der Waals surface area (Å²) in [4.78, 5) is 0. The molecule has 0 amide bonds. The number of hydrogen-bond acceptors (Lipinski definition) is 6. The summed E-state index contributed by atoms with van der Waals surface area (Å²) in [7, 11) is 0. The van der Waals surface area contributed by atoms with E-state index in [1.54, 1.807) is 24.3 Å². The third kappa shape index (κ3) is 7.41. The van der Waals surface area contributed by atoms with E-state index < -0.39 is 0 Å². The Morgan fingerprint density at radius 3 is 1.35 bits per heavy atom. The molecule has 0 aliphatic carbocycles. The Morgan fingerprint density at radius 1 is 0.808 bits per heavy atom. The third-order valence-corrected chi connectivity index (χ3v) is 3.88. The predicted molar refractivity (Wildman–Crippen MR) is 99.3 cm³/mol. The Balaban J connectivity index is 0.000000309. The maximum atomic E-state index is 9.30. The van der Waals surface area contributed by atoms with Crippen LogP contribution in [0.3, 0.4) is 0 Å². The molecule has 0 saturated carbocycles. The number of hydrogen-bond donors (Lipinski definition) is 5. The van der Waals surface area contributed by atoms with Crippen molar-refractivity contribution < 1.29 is 30.3 Å². The fraction of sp³-hybridized carbons (Fsp3) is 0.400. The summed E-state index contributed by atoms with van der Waals surface area (Å²) in [5.41, 5.74) is 2.10. The zero-order valence-corrected chi connectivity index (χ0v) is 15.2. The zero-order chi connectivity index (χ0) is 19.6. The van der Waals surface area contributed by atoms with Gasteiger partial charge in [0, 0.05) is 5.41 Å². The lowest BCUT2D eigenvalue weighted by molar-refractivity contribution is 0.186. The van der Waals surface area contributed by atoms with Gasteiger partial charge in [-0.2, -0.15) is 0 Å². The Labute approximate surface area is 153 Å². The highest BCUT2D eigenvalue weighted by atomic mass is 16.6. The number of ether oxygens (including phenoxy) is 1. The second-order valence-corrected chi connectivity index (χ2v) is 6.30. The molecule has 0 spiro atoms. The highest BCUT2D eigenvalue weighted by Crippen LogP contribution is 2.32. The lowest BCUT2D eigenvalue weighted by Gasteiger charge is -2.26. The van der Waals surface area contributed by atoms with Gasteiger partial charge >= 0.3 is 0 Å². The predicted octanol–water partition coefficient (Wildman–Crippen LogP) is 1.77. The molecule has 0 bridgehead atoms. The highest BCUT2D eigenvalue weighted by Gasteiger charge is 2.22. The Hall–Kier alpha value is -2.12. The summed E-state index contributed by atoms with van der Waals surface area (Å²) in [6.45, 7) is 4.94. The van der Waals surface area contributed by atoms with Crippen molar-refractivity contribution in [2.24, 2.45) is 0 Å². The smallest absolute Gasteiger partial charge is 0.115 e. The fourth-order valence-electron chi connectivity index (χ4n) is 2.10. The summed E-state index contributed by atoms with van der Waals surface area (Å²) in [6, 6.07) is 14.4. The van der Waals surface area contributed by atoms with Gasteiger partial charge in [0.2, 0.25) is 0 Å². The van der Waals surface area contributed by atoms with Crippen molar-refractivity contribution in [2.45, 2.75) is 25.4 Å². The monoisotopic (exact) mass is 364 g/mol. The normalized spacial score (nSPS) is 15.2. The van der Waals surface area contributed by atoms with Crippen molar-refractivity contribution in [2.75, 3.05) is 26.4 Å². The van der Waals surface area contributed by atoms with Crippen LogP contribution < -0.4 is 0 Å². The van der Waals surface area contributed by atoms with Crippen LogP contribution >= 0.6 is 0 Å². The van der Waals surface area contributed by atoms with Gasteiger partial charge in [0.15, 0.2) is 0 Å². The van der Waals surface area contributed by atoms with Gasteiger partial charge in [-0.25, -0.2) is 0 Å². The van der Waals surface area contributed by atoms with Crippen LogP contribution in [-0.2, 0) is 10.2 Å². The Kier molecular flexibility index (Phi) is 9.09. The number of phenolic OH excluding ortho intramolecular Hbond substituents is 2. The second kappa shape index (κ2) is 10.8. The number of aliphatic hydroxyl groups excluding tert-OH is 3. The molecular weight excluding hydrogens is 336 g/mol. The van der Waals surface area contributed by atoms with E-state index in [2.05, 4.69) is 18.6 Å². The fourth-order valence-corrected chi connectivity index (χ4v) is 2.10. The van der Waals surface area contributed by atoms with Crippen LogP contribution in [0.1, 0.15) is 25.0 Å². The number of phenols is 2. The Morgan fingerprint density at radius 2 is 1.15 bits per heavy atom. The lowest BCUT2D eigenvalue weighted by atomic mass is 9.78. The first kappa shape index (κ1) is 21.9. The molecule has 1 fully saturated rings. The molecule has 1 unspecified atom stereocenters. The van der Waals surface area contributed by atoms with Gasteiger partial charge in [-0.1, -0.05) is 38.1 Å². The van der Waals surface area contributed by atoms with Gasteiger partial charge < -0.3 is 30.3 Å². The molecule has 5 N–H and O–H groups in total. The number of benzene rings is 2. The third-order valence-electron chi connectivity index (χ3n) is 3.88. The van der Waals surface area contributed by atoms with Gasteiger partial charge in [0.1, 0.15) is 17.6 Å². The molecule has 1 saturated heterocycles. The van der Waals surface area contributed by atoms with Crippen LogP contribution in [0.2, 0.25) is 0 Å². The summed E-state index contributed by atoms with van der Waals surface area (Å²) in [6.07, 6.45) is 0.190. The molecule has 144 valence electrons. The summed E-state index contributed by atoms with van der Waals surface area (Å²) in [5, 5.41) is 41.9. The number of rotatable bonds is 4. The average Bonchev–Trinajstić information content (AvgIpc) is 3.48. The first-order valence-electron chi connectivity index (χ1n) is 8.38. The molecule has 1 heterocycles. The molecule has 1 aliphatic rings. The van der Waals surface area contributed by atoms with Gasteiger partial charge in [0.25, 0.3) is 0 Å². The maximum Gasteiger partial charge on any atom is 0.115 e. The van der Waals surface area contributed by atoms with E-state index in [0.29, 0.717) is 0 Å². The van der Waals surface area contributed by atoms with E-state index in [-0.39, 0.29) is 42.8 Å². The van der Waals surface area contributed by atoms with Crippen molar-refractivity contribution in [3.8, 4) is 11.5 Å². The molecule has 26 heavy (non-hydrogen) atoms. The molecule has 0 aromatic heterocycles. The van der Waals surface area contributed by atoms with E-state index in [4.69, 9.17) is 15.3 Å². The summed E-state index contributed by atoms with van der Waals surface area (Å²) >= 11 is 0. The largest absolute Gasteiger partial charge is 0.508 e. The van der Waals surface area contributed by atoms with E-state index in [0.717, 1.165) is 17.7 Å². The molecule has 6 heteroatoms. The van der Waals surface area contributed by atoms with Crippen LogP contribution in [0.25, 0.3) is 0 Å². The van der Waals surface area contributed by atoms with Crippen LogP contribution in [0.15, 0.2) is 48.5 Å². The minimum Gasteiger partial charge on any atom is -0.508 e. The van der Waals surface area contributed by atoms with Crippen LogP contribution in [-0.4, -0.2) is 58.1 Å². The summed E-state index contributed by atoms with van der Waals surface area (Å²) in [5.74, 6) is 0.547. The van der Waals surface area contributed by atoms with Crippen molar-refractivity contribution in [1.82, 2.24) is 0 Å². The maximum absolute atomic E-state index is 9.30. The van der Waals surface area contributed by atoms with Crippen molar-refractivity contribution >= 4 is 0 Å². The van der Waals surface area contributed by atoms with Gasteiger partial charge in [-0.15, -0.1) is 0 Å². The highest BCUT2D eigenvalue weighted by molar-refractivity contribution is 5.41. The minimum absolute atomic E-state index is 0.125. The molecule has 6 nitrogen and oxygen atoms in total. The van der Waals surface area contributed by atoms with Crippen LogP contribution in [0, 0.1) is 0 Å². The standard InChI is InChI=1S/C15H16O2.C3H6O2.C2H6O2/c1-15(2,11-3-7-13(16)8-4-11)12-5-9-14(17)10-6-12;4-1-3-2-5-3;3-1-2-4/h3-10,16-17H,1-2H3;3-4H,1-2H2;3-4H,1-2H2. The molecule has 3 rings (SSSR count). The molecule has 1 atom stereocenters. The van der Waals surface area contributed by atoms with E-state index >= 15 is 0 Å². The number of aromatic hydroxyl groups is 2. The van der Waals surface area contributed by atoms with Gasteiger partial charge in [-0.05, 0) is 35.4 Å². The van der Waals surface area contributed by atoms with Gasteiger partial charge in [-0.3, -0.25) is 0 Å². The average molecular weight is 364 g/mol. The van der Waals surface area contributed by atoms with Crippen LogP contribution in [0.5, 0.6) is 11.5 Å². The van der Waals surface area contributed by atoms with Gasteiger partial charge in [0.05, 0.1) is 26.4 Å². The van der Waals surface area contributed by atoms with Crippen molar-refractivity contribution in [3.63, 3.8) is 0 Å². The molecule has 2 aromatic rings. The lowest BCUT2D eigenvalue weighted by Crippen LogP contribution is -2.18. The van der Waals surface area contributed by atoms with Crippen LogP contribution in [0.4, 0.5) is 0 Å². The first-order chi connectivity index (χ1) is 12.3. The van der Waals surface area contributed by atoms with E-state index in [1.807, 2.05) is 24.3 Å². The molecular formula is C20H28O6. The SMILES string of the molecule is CC(C)(c1ccc(O)cc1)c1ccc(O)cc1.OCC1CO1.OCCO. The van der Waals surface area contributed by atoms with Crippen molar-refractivity contribution in [1.29, 1.82) is 0 Å². The quantitative estimate of drug-likeness (QED) is 0.529. The molecule has 1 aliphatic heterocycles. The number of aliphatic hydroxyl groups is 3. The topological polar surface area (TPSA) is 114 Å². The van der Waals surface area contributed by atoms with E-state index in [1.165, 1.54) is 0 Å². The van der Waals surface area contributed by atoms with E-state index in [9.17, 15) is 10.2 Å². The minimum atomic E-state index is -0.151. The van der Waals surface area contributed by atoms with Crippen molar-refractivity contribution in [3.05, 3.63) is 59.7 Å². The Bertz CT molecular complexity index is 568. The molecule has 2 aromatic carbocycles. The molecule has 0 radical (unpaired) electrons. The number of epoxide rings is 1. The second-order valence-electron chi connectivity index (χ2n) is 6.30. The zero-order valence-electron chi connectivity index (χ0n) is 15.2. The first-order valence-corrected chi connectivity index (χ1v) is 8.38. The summed E-state index contributed by atoms with van der Waals surface area (Å²) < 4.78 is 4.61.